The quantitative estimate of drug-likeness (QED) is 0.220. The normalized spacial score (nSPS) is 33.3. The first-order valence-electron chi connectivity index (χ1n) is 2.38. The van der Waals surface area contributed by atoms with Crippen LogP contribution in [0.4, 0.5) is 0 Å². The highest BCUT2D eigenvalue weighted by molar-refractivity contribution is 7.82. The first-order valence-corrected chi connectivity index (χ1v) is 3.23. The molecular formula is C4H7N3S2. The molecule has 0 aliphatic carbocycles. The fraction of sp³-hybridized carbons (Fsp3) is 0.250. The molecule has 0 saturated heterocycles. The van der Waals surface area contributed by atoms with Crippen LogP contribution in [0.2, 0.25) is 0 Å². The van der Waals surface area contributed by atoms with Gasteiger partial charge >= 0.3 is 0 Å². The molecule has 0 aromatic carbocycles. The average Bonchev–Trinajstić information content (AvgIpc) is 1.60. The van der Waals surface area contributed by atoms with Crippen LogP contribution < -0.4 is 16.4 Å². The summed E-state index contributed by atoms with van der Waals surface area (Å²) in [4.78, 5) is 0.589. The zero-order valence-corrected chi connectivity index (χ0v) is 6.30. The van der Waals surface area contributed by atoms with Crippen LogP contribution in [0.3, 0.4) is 0 Å². The summed E-state index contributed by atoms with van der Waals surface area (Å²) in [6.45, 7) is 0. The van der Waals surface area contributed by atoms with Gasteiger partial charge in [-0.25, -0.2) is 0 Å². The molecule has 0 bridgehead atoms. The van der Waals surface area contributed by atoms with Gasteiger partial charge in [-0.1, -0.05) is 12.2 Å². The molecule has 1 atom stereocenters. The summed E-state index contributed by atoms with van der Waals surface area (Å²) < 4.78 is 0. The van der Waals surface area contributed by atoms with Crippen LogP contribution in [-0.4, -0.2) is 10.1 Å². The highest BCUT2D eigenvalue weighted by Crippen LogP contribution is 2.00. The molecule has 0 radical (unpaired) electrons. The minimum atomic E-state index is -0.883. The Hall–Kier alpha value is -0.260. The molecule has 4 N–H and O–H groups in total. The van der Waals surface area contributed by atoms with Gasteiger partial charge in [-0.2, -0.15) is 0 Å². The fourth-order valence-electron chi connectivity index (χ4n) is 0.510. The second kappa shape index (κ2) is 2.17. The first-order chi connectivity index (χ1) is 4.10. The maximum absolute atomic E-state index is 5.47. The predicted molar refractivity (Wildman–Crippen MR) is 43.9 cm³/mol. The van der Waals surface area contributed by atoms with Crippen LogP contribution in [0.25, 0.3) is 0 Å². The van der Waals surface area contributed by atoms with E-state index in [0.29, 0.717) is 4.99 Å². The molecule has 0 amide bonds. The van der Waals surface area contributed by atoms with E-state index in [1.807, 2.05) is 0 Å². The summed E-state index contributed by atoms with van der Waals surface area (Å²) in [6, 6.07) is 0. The molecule has 1 unspecified atom stereocenters. The second-order valence-electron chi connectivity index (χ2n) is 1.73. The third-order valence-electron chi connectivity index (χ3n) is 0.852. The van der Waals surface area contributed by atoms with Crippen LogP contribution in [0.5, 0.6) is 0 Å². The summed E-state index contributed by atoms with van der Waals surface area (Å²) >= 11 is 8.78. The summed E-state index contributed by atoms with van der Waals surface area (Å²) in [6.07, 6.45) is 3.36. The highest BCUT2D eigenvalue weighted by atomic mass is 32.1. The zero-order chi connectivity index (χ0) is 6.91. The summed E-state index contributed by atoms with van der Waals surface area (Å²) in [5.74, 6) is 0. The van der Waals surface area contributed by atoms with Crippen LogP contribution >= 0.6 is 24.8 Å². The molecule has 0 aromatic rings. The first kappa shape index (κ1) is 6.85. The largest absolute Gasteiger partial charge is 0.348 e. The number of thiol groups is 1. The number of thiocarbonyl (C=S) groups is 1. The lowest BCUT2D eigenvalue weighted by molar-refractivity contribution is 0.518. The van der Waals surface area contributed by atoms with Crippen molar-refractivity contribution in [2.75, 3.05) is 0 Å². The Balaban J connectivity index is 2.68. The SMILES string of the molecule is NC1(S)NC=CC(=S)N1. The standard InChI is InChI=1S/C4H7N3S2/c5-4(9)6-2-1-3(8)7-4/h1-2,6,9H,5H2,(H,7,8). The molecule has 0 saturated carbocycles. The molecule has 1 rings (SSSR count). The third kappa shape index (κ3) is 1.85. The van der Waals surface area contributed by atoms with E-state index in [1.165, 1.54) is 0 Å². The van der Waals surface area contributed by atoms with E-state index in [1.54, 1.807) is 12.3 Å². The van der Waals surface area contributed by atoms with Crippen LogP contribution in [0.1, 0.15) is 0 Å². The van der Waals surface area contributed by atoms with Crippen molar-refractivity contribution in [2.24, 2.45) is 5.73 Å². The lowest BCUT2D eigenvalue weighted by Crippen LogP contribution is -2.61. The average molecular weight is 161 g/mol. The zero-order valence-electron chi connectivity index (χ0n) is 4.59. The third-order valence-corrected chi connectivity index (χ3v) is 1.33. The van der Waals surface area contributed by atoms with Crippen LogP contribution in [0, 0.1) is 0 Å². The molecule has 0 fully saturated rings. The smallest absolute Gasteiger partial charge is 0.209 e. The van der Waals surface area contributed by atoms with Gasteiger partial charge in [-0.05, 0) is 6.08 Å². The van der Waals surface area contributed by atoms with Gasteiger partial charge in [0.25, 0.3) is 0 Å². The Labute approximate surface area is 64.1 Å². The van der Waals surface area contributed by atoms with Gasteiger partial charge in [0.15, 0.2) is 0 Å². The number of hydrogen-bond donors (Lipinski definition) is 4. The van der Waals surface area contributed by atoms with Gasteiger partial charge in [0.05, 0.1) is 0 Å². The van der Waals surface area contributed by atoms with Crippen molar-refractivity contribution in [3.8, 4) is 0 Å². The van der Waals surface area contributed by atoms with E-state index in [2.05, 4.69) is 23.3 Å². The molecule has 0 spiro atoms. The predicted octanol–water partition coefficient (Wildman–Crippen LogP) is -0.480. The van der Waals surface area contributed by atoms with Crippen molar-refractivity contribution in [3.05, 3.63) is 12.3 Å². The Morgan fingerprint density at radius 1 is 1.78 bits per heavy atom. The van der Waals surface area contributed by atoms with Crippen molar-refractivity contribution in [1.82, 2.24) is 10.6 Å². The topological polar surface area (TPSA) is 50.1 Å². The molecule has 0 aromatic heterocycles. The molecule has 50 valence electrons. The Bertz CT molecular complexity index is 163. The summed E-state index contributed by atoms with van der Waals surface area (Å²) in [5.41, 5.74) is 5.47. The van der Waals surface area contributed by atoms with E-state index in [0.717, 1.165) is 0 Å². The molecule has 1 aliphatic rings. The van der Waals surface area contributed by atoms with E-state index in [9.17, 15) is 0 Å². The van der Waals surface area contributed by atoms with Gasteiger partial charge in [0, 0.05) is 6.20 Å². The van der Waals surface area contributed by atoms with Gasteiger partial charge in [0.2, 0.25) is 5.12 Å². The summed E-state index contributed by atoms with van der Waals surface area (Å²) in [5, 5.41) is 4.60. The Morgan fingerprint density at radius 3 is 2.78 bits per heavy atom. The second-order valence-corrected chi connectivity index (χ2v) is 2.88. The molecule has 1 aliphatic heterocycles. The number of nitrogens with two attached hydrogens (primary N) is 1. The van der Waals surface area contributed by atoms with E-state index in [-0.39, 0.29) is 0 Å². The fourth-order valence-corrected chi connectivity index (χ4v) is 1.01. The summed E-state index contributed by atoms with van der Waals surface area (Å²) in [7, 11) is 0. The molecular weight excluding hydrogens is 154 g/mol. The lowest BCUT2D eigenvalue weighted by atomic mass is 10.5. The lowest BCUT2D eigenvalue weighted by Gasteiger charge is -2.28. The van der Waals surface area contributed by atoms with Crippen molar-refractivity contribution >= 4 is 29.8 Å². The van der Waals surface area contributed by atoms with Gasteiger partial charge in [-0.15, -0.1) is 12.6 Å². The van der Waals surface area contributed by atoms with Crippen molar-refractivity contribution < 1.29 is 0 Å². The highest BCUT2D eigenvalue weighted by Gasteiger charge is 2.19. The van der Waals surface area contributed by atoms with E-state index in [4.69, 9.17) is 18.0 Å². The maximum Gasteiger partial charge on any atom is 0.209 e. The van der Waals surface area contributed by atoms with Gasteiger partial charge in [0.1, 0.15) is 4.99 Å². The molecule has 3 nitrogen and oxygen atoms in total. The minimum absolute atomic E-state index is 0.589. The van der Waals surface area contributed by atoms with Crippen molar-refractivity contribution in [1.29, 1.82) is 0 Å². The Morgan fingerprint density at radius 2 is 2.44 bits per heavy atom. The van der Waals surface area contributed by atoms with E-state index >= 15 is 0 Å². The number of nitrogens with one attached hydrogen (secondary N) is 2. The van der Waals surface area contributed by atoms with Crippen LogP contribution in [0.15, 0.2) is 12.3 Å². The number of hydrogen-bond acceptors (Lipinski definition) is 4. The molecule has 1 heterocycles. The monoisotopic (exact) mass is 161 g/mol. The van der Waals surface area contributed by atoms with Gasteiger partial charge in [-0.3, -0.25) is 5.73 Å². The van der Waals surface area contributed by atoms with E-state index < -0.39 is 5.12 Å². The number of rotatable bonds is 0. The molecule has 5 heteroatoms. The molecule has 9 heavy (non-hydrogen) atoms. The Kier molecular flexibility index (Phi) is 1.65. The maximum atomic E-state index is 5.47. The van der Waals surface area contributed by atoms with Crippen molar-refractivity contribution in [2.45, 2.75) is 5.12 Å². The van der Waals surface area contributed by atoms with Crippen molar-refractivity contribution in [3.63, 3.8) is 0 Å². The van der Waals surface area contributed by atoms with Gasteiger partial charge < -0.3 is 10.6 Å². The minimum Gasteiger partial charge on any atom is -0.348 e. The van der Waals surface area contributed by atoms with Crippen LogP contribution in [-0.2, 0) is 0 Å².